The molecule has 2 N–H and O–H groups in total. The van der Waals surface area contributed by atoms with Crippen molar-refractivity contribution in [1.82, 2.24) is 0 Å². The summed E-state index contributed by atoms with van der Waals surface area (Å²) in [6, 6.07) is 0. The molecule has 9 heteroatoms. The lowest BCUT2D eigenvalue weighted by atomic mass is 9.94. The van der Waals surface area contributed by atoms with Gasteiger partial charge in [-0.3, -0.25) is 23.2 Å². The van der Waals surface area contributed by atoms with Crippen LogP contribution in [-0.2, 0) is 27.7 Å². The van der Waals surface area contributed by atoms with Gasteiger partial charge in [0.2, 0.25) is 0 Å². The lowest BCUT2D eigenvalue weighted by Gasteiger charge is -2.22. The molecule has 0 aliphatic carbocycles. The van der Waals surface area contributed by atoms with Gasteiger partial charge in [0, 0.05) is 0 Å². The molecule has 0 radical (unpaired) electrons. The van der Waals surface area contributed by atoms with Crippen LogP contribution in [0.1, 0.15) is 155 Å². The third-order valence-electron chi connectivity index (χ3n) is 7.03. The molecule has 0 aliphatic rings. The van der Waals surface area contributed by atoms with Crippen LogP contribution < -0.4 is 0 Å². The average Bonchev–Trinajstić information content (AvgIpc) is 2.89. The first kappa shape index (κ1) is 38.0. The van der Waals surface area contributed by atoms with Crippen LogP contribution in [0.15, 0.2) is 0 Å². The topological polar surface area (TPSA) is 119 Å². The summed E-state index contributed by atoms with van der Waals surface area (Å²) in [5, 5.41) is 17.7. The van der Waals surface area contributed by atoms with E-state index >= 15 is 0 Å². The average molecular weight is 579 g/mol. The maximum atomic E-state index is 13.1. The Kier molecular flexibility index (Phi) is 26.6. The lowest BCUT2D eigenvalue weighted by Crippen LogP contribution is -2.13. The molecule has 0 saturated carbocycles. The Morgan fingerprint density at radius 2 is 0.897 bits per heavy atom. The van der Waals surface area contributed by atoms with Crippen molar-refractivity contribution in [2.75, 3.05) is 19.8 Å². The zero-order valence-electron chi connectivity index (χ0n) is 25.0. The van der Waals surface area contributed by atoms with Gasteiger partial charge >= 0.3 is 19.8 Å². The minimum Gasteiger partial charge on any atom is -0.481 e. The quantitative estimate of drug-likeness (QED) is 0.0616. The number of phosphoric ester groups is 1. The molecule has 0 spiro atoms. The molecule has 0 aromatic carbocycles. The molecule has 0 fully saturated rings. The molecule has 39 heavy (non-hydrogen) atoms. The van der Waals surface area contributed by atoms with E-state index in [2.05, 4.69) is 13.8 Å². The molecule has 0 aromatic rings. The number of phosphoric acid groups is 1. The highest BCUT2D eigenvalue weighted by atomic mass is 31.2. The molecule has 0 saturated heterocycles. The molecule has 1 unspecified atom stereocenters. The monoisotopic (exact) mass is 578 g/mol. The minimum absolute atomic E-state index is 0.200. The standard InChI is InChI=1S/C30H59O8P/c1-3-5-7-9-11-13-14-16-18-20-22-28(21-19-17-15-12-10-8-6-4-2)27-38-39(35,36-25-23-29(31)32)37-26-24-30(33)34/h28H,3-27H2,1-2H3,(H,31,32)(H,33,34). The van der Waals surface area contributed by atoms with Crippen molar-refractivity contribution in [3.63, 3.8) is 0 Å². The molecule has 0 heterocycles. The summed E-state index contributed by atoms with van der Waals surface area (Å²) in [6.07, 6.45) is 23.9. The fraction of sp³-hybridized carbons (Fsp3) is 0.933. The summed E-state index contributed by atoms with van der Waals surface area (Å²) in [4.78, 5) is 21.7. The van der Waals surface area contributed by atoms with Crippen LogP contribution in [0.4, 0.5) is 0 Å². The number of rotatable bonds is 31. The van der Waals surface area contributed by atoms with E-state index in [9.17, 15) is 14.2 Å². The second-order valence-electron chi connectivity index (χ2n) is 10.8. The Balaban J connectivity index is 4.65. The molecular weight excluding hydrogens is 519 g/mol. The van der Waals surface area contributed by atoms with E-state index in [0.29, 0.717) is 0 Å². The van der Waals surface area contributed by atoms with Crippen LogP contribution >= 0.6 is 7.82 Å². The highest BCUT2D eigenvalue weighted by Crippen LogP contribution is 2.50. The van der Waals surface area contributed by atoms with Crippen LogP contribution in [0.3, 0.4) is 0 Å². The number of carboxylic acid groups (broad SMARTS) is 2. The van der Waals surface area contributed by atoms with Crippen molar-refractivity contribution in [3.05, 3.63) is 0 Å². The Labute approximate surface area is 238 Å². The first-order chi connectivity index (χ1) is 18.8. The molecule has 1 atom stereocenters. The Morgan fingerprint density at radius 3 is 1.23 bits per heavy atom. The molecule has 0 rings (SSSR count). The number of aliphatic carboxylic acids is 2. The summed E-state index contributed by atoms with van der Waals surface area (Å²) >= 11 is 0. The van der Waals surface area contributed by atoms with Gasteiger partial charge in [-0.05, 0) is 18.8 Å². The summed E-state index contributed by atoms with van der Waals surface area (Å²) < 4.78 is 29.1. The van der Waals surface area contributed by atoms with Gasteiger partial charge in [0.1, 0.15) is 0 Å². The second-order valence-corrected chi connectivity index (χ2v) is 12.5. The van der Waals surface area contributed by atoms with Crippen molar-refractivity contribution >= 4 is 19.8 Å². The van der Waals surface area contributed by atoms with E-state index in [1.165, 1.54) is 103 Å². The molecule has 0 aromatic heterocycles. The van der Waals surface area contributed by atoms with E-state index in [1.807, 2.05) is 0 Å². The van der Waals surface area contributed by atoms with Crippen molar-refractivity contribution < 1.29 is 37.9 Å². The third-order valence-corrected chi connectivity index (χ3v) is 8.49. The number of unbranched alkanes of at least 4 members (excludes halogenated alkanes) is 16. The van der Waals surface area contributed by atoms with Crippen LogP contribution in [-0.4, -0.2) is 42.0 Å². The van der Waals surface area contributed by atoms with Crippen LogP contribution in [0.5, 0.6) is 0 Å². The zero-order chi connectivity index (χ0) is 29.0. The fourth-order valence-electron chi connectivity index (χ4n) is 4.60. The van der Waals surface area contributed by atoms with Crippen LogP contribution in [0.2, 0.25) is 0 Å². The van der Waals surface area contributed by atoms with Gasteiger partial charge in [-0.2, -0.15) is 0 Å². The molecule has 8 nitrogen and oxygen atoms in total. The Morgan fingerprint density at radius 1 is 0.564 bits per heavy atom. The van der Waals surface area contributed by atoms with Crippen LogP contribution in [0.25, 0.3) is 0 Å². The first-order valence-corrected chi connectivity index (χ1v) is 17.3. The van der Waals surface area contributed by atoms with Crippen molar-refractivity contribution in [3.8, 4) is 0 Å². The maximum absolute atomic E-state index is 13.1. The van der Waals surface area contributed by atoms with E-state index in [-0.39, 0.29) is 38.6 Å². The van der Waals surface area contributed by atoms with Crippen molar-refractivity contribution in [2.45, 2.75) is 155 Å². The highest BCUT2D eigenvalue weighted by molar-refractivity contribution is 7.48. The smallest absolute Gasteiger partial charge is 0.474 e. The number of carbonyl (C=O) groups is 2. The number of hydrogen-bond acceptors (Lipinski definition) is 6. The van der Waals surface area contributed by atoms with Gasteiger partial charge < -0.3 is 10.2 Å². The number of carboxylic acids is 2. The van der Waals surface area contributed by atoms with Crippen molar-refractivity contribution in [1.29, 1.82) is 0 Å². The predicted octanol–water partition coefficient (Wildman–Crippen LogP) is 9.55. The van der Waals surface area contributed by atoms with Crippen molar-refractivity contribution in [2.24, 2.45) is 5.92 Å². The van der Waals surface area contributed by atoms with E-state index < -0.39 is 19.8 Å². The first-order valence-electron chi connectivity index (χ1n) is 15.8. The van der Waals surface area contributed by atoms with Gasteiger partial charge in [-0.25, -0.2) is 4.57 Å². The summed E-state index contributed by atoms with van der Waals surface area (Å²) in [5.41, 5.74) is 0. The summed E-state index contributed by atoms with van der Waals surface area (Å²) in [7, 11) is -4.04. The zero-order valence-corrected chi connectivity index (χ0v) is 25.9. The maximum Gasteiger partial charge on any atom is 0.474 e. The fourth-order valence-corrected chi connectivity index (χ4v) is 5.84. The van der Waals surface area contributed by atoms with Gasteiger partial charge in [0.05, 0.1) is 32.7 Å². The third kappa shape index (κ3) is 27.0. The SMILES string of the molecule is CCCCCCCCCCCCC(CCCCCCCCCC)COP(=O)(OCCC(=O)O)OCCC(=O)O. The van der Waals surface area contributed by atoms with Gasteiger partial charge in [-0.1, -0.05) is 129 Å². The van der Waals surface area contributed by atoms with E-state index in [1.54, 1.807) is 0 Å². The second kappa shape index (κ2) is 27.2. The largest absolute Gasteiger partial charge is 0.481 e. The summed E-state index contributed by atoms with van der Waals surface area (Å²) in [6.45, 7) is 4.03. The normalized spacial score (nSPS) is 12.6. The van der Waals surface area contributed by atoms with Crippen LogP contribution in [0, 0.1) is 5.92 Å². The van der Waals surface area contributed by atoms with E-state index in [4.69, 9.17) is 23.8 Å². The number of hydrogen-bond donors (Lipinski definition) is 2. The van der Waals surface area contributed by atoms with E-state index in [0.717, 1.165) is 25.7 Å². The predicted molar refractivity (Wildman–Crippen MR) is 157 cm³/mol. The molecule has 232 valence electrons. The Hall–Kier alpha value is -0.950. The summed E-state index contributed by atoms with van der Waals surface area (Å²) in [5.74, 6) is -1.96. The lowest BCUT2D eigenvalue weighted by molar-refractivity contribution is -0.138. The molecule has 0 amide bonds. The molecule has 0 aliphatic heterocycles. The highest BCUT2D eigenvalue weighted by Gasteiger charge is 2.29. The van der Waals surface area contributed by atoms with Gasteiger partial charge in [0.15, 0.2) is 0 Å². The van der Waals surface area contributed by atoms with Gasteiger partial charge in [0.25, 0.3) is 0 Å². The molecule has 0 bridgehead atoms. The molecular formula is C30H59O8P. The Bertz CT molecular complexity index is 604. The minimum atomic E-state index is -4.04. The van der Waals surface area contributed by atoms with Gasteiger partial charge in [-0.15, -0.1) is 0 Å².